The van der Waals surface area contributed by atoms with Crippen LogP contribution >= 0.6 is 23.1 Å². The Morgan fingerprint density at radius 3 is 2.73 bits per heavy atom. The molecule has 7 heteroatoms. The van der Waals surface area contributed by atoms with Crippen molar-refractivity contribution in [2.24, 2.45) is 0 Å². The number of amides is 1. The summed E-state index contributed by atoms with van der Waals surface area (Å²) in [5, 5.41) is 2.03. The van der Waals surface area contributed by atoms with Gasteiger partial charge in [-0.3, -0.25) is 4.79 Å². The van der Waals surface area contributed by atoms with Gasteiger partial charge in [-0.25, -0.2) is 9.97 Å². The van der Waals surface area contributed by atoms with Crippen LogP contribution in [0.25, 0.3) is 10.2 Å². The predicted molar refractivity (Wildman–Crippen MR) is 89.7 cm³/mol. The number of fused-ring (bicyclic) bond motifs is 1. The molecule has 1 aliphatic rings. The number of ether oxygens (including phenoxy) is 1. The lowest BCUT2D eigenvalue weighted by molar-refractivity contribution is -0.132. The number of carbonyl (C=O) groups is 1. The van der Waals surface area contributed by atoms with Crippen LogP contribution in [-0.2, 0) is 9.53 Å². The van der Waals surface area contributed by atoms with Crippen LogP contribution in [0.1, 0.15) is 16.3 Å². The summed E-state index contributed by atoms with van der Waals surface area (Å²) in [5.74, 6) is 1.33. The van der Waals surface area contributed by atoms with Crippen LogP contribution in [0.3, 0.4) is 0 Å². The molecule has 1 amide bonds. The first kappa shape index (κ1) is 15.7. The molecule has 0 aromatic carbocycles. The first-order valence-electron chi connectivity index (χ1n) is 7.29. The van der Waals surface area contributed by atoms with E-state index in [1.54, 1.807) is 11.3 Å². The molecule has 118 valence electrons. The Hall–Kier alpha value is -1.18. The normalized spacial score (nSPS) is 15.5. The molecule has 2 aromatic rings. The molecule has 0 spiro atoms. The van der Waals surface area contributed by atoms with E-state index in [9.17, 15) is 4.79 Å². The maximum Gasteiger partial charge on any atom is 0.233 e. The molecular formula is C15H19N3O2S2. The Kier molecular flexibility index (Phi) is 4.65. The monoisotopic (exact) mass is 337 g/mol. The van der Waals surface area contributed by atoms with Crippen LogP contribution in [0.5, 0.6) is 0 Å². The zero-order valence-corrected chi connectivity index (χ0v) is 14.6. The quantitative estimate of drug-likeness (QED) is 0.636. The average molecular weight is 337 g/mol. The summed E-state index contributed by atoms with van der Waals surface area (Å²) in [6.07, 6.45) is 0. The van der Waals surface area contributed by atoms with Gasteiger partial charge in [0.25, 0.3) is 0 Å². The van der Waals surface area contributed by atoms with Crippen molar-refractivity contribution in [2.45, 2.75) is 25.8 Å². The van der Waals surface area contributed by atoms with Crippen molar-refractivity contribution in [3.8, 4) is 0 Å². The Morgan fingerprint density at radius 1 is 1.27 bits per heavy atom. The molecule has 0 unspecified atom stereocenters. The molecule has 22 heavy (non-hydrogen) atoms. The second-order valence-electron chi connectivity index (χ2n) is 5.32. The second-order valence-corrected chi connectivity index (χ2v) is 7.49. The van der Waals surface area contributed by atoms with Gasteiger partial charge in [-0.05, 0) is 26.3 Å². The van der Waals surface area contributed by atoms with E-state index in [2.05, 4.69) is 23.8 Å². The van der Waals surface area contributed by atoms with Gasteiger partial charge in [0.05, 0.1) is 19.0 Å². The number of thiophene rings is 1. The molecule has 1 aliphatic heterocycles. The lowest BCUT2D eigenvalue weighted by atomic mass is 10.2. The highest BCUT2D eigenvalue weighted by molar-refractivity contribution is 8.00. The zero-order valence-electron chi connectivity index (χ0n) is 13.0. The van der Waals surface area contributed by atoms with Gasteiger partial charge in [-0.1, -0.05) is 11.8 Å². The molecule has 0 bridgehead atoms. The molecule has 2 aromatic heterocycles. The summed E-state index contributed by atoms with van der Waals surface area (Å²) in [5.41, 5.74) is 1.22. The van der Waals surface area contributed by atoms with E-state index in [1.165, 1.54) is 22.2 Å². The highest BCUT2D eigenvalue weighted by atomic mass is 32.2. The van der Waals surface area contributed by atoms with Crippen molar-refractivity contribution in [3.63, 3.8) is 0 Å². The average Bonchev–Trinajstić information content (AvgIpc) is 2.80. The van der Waals surface area contributed by atoms with Crippen molar-refractivity contribution in [3.05, 3.63) is 16.3 Å². The van der Waals surface area contributed by atoms with Crippen molar-refractivity contribution in [2.75, 3.05) is 32.1 Å². The van der Waals surface area contributed by atoms with Gasteiger partial charge in [0.15, 0.2) is 0 Å². The molecule has 3 rings (SSSR count). The molecule has 0 N–H and O–H groups in total. The third-order valence-corrected chi connectivity index (χ3v) is 5.86. The molecule has 1 fully saturated rings. The van der Waals surface area contributed by atoms with Gasteiger partial charge < -0.3 is 9.64 Å². The SMILES string of the molecule is Cc1nc(SCC(=O)N2CCOCC2)c2c(C)c(C)sc2n1. The smallest absolute Gasteiger partial charge is 0.233 e. The summed E-state index contributed by atoms with van der Waals surface area (Å²) < 4.78 is 5.28. The molecule has 5 nitrogen and oxygen atoms in total. The van der Waals surface area contributed by atoms with Crippen LogP contribution in [0, 0.1) is 20.8 Å². The predicted octanol–water partition coefficient (Wildman–Crippen LogP) is 2.57. The van der Waals surface area contributed by atoms with E-state index in [0.717, 1.165) is 21.1 Å². The van der Waals surface area contributed by atoms with Gasteiger partial charge in [-0.2, -0.15) is 0 Å². The Balaban J connectivity index is 1.80. The van der Waals surface area contributed by atoms with Crippen LogP contribution in [0.2, 0.25) is 0 Å². The van der Waals surface area contributed by atoms with E-state index in [1.807, 2.05) is 11.8 Å². The van der Waals surface area contributed by atoms with E-state index in [0.29, 0.717) is 32.1 Å². The number of morpholine rings is 1. The minimum Gasteiger partial charge on any atom is -0.378 e. The minimum absolute atomic E-state index is 0.155. The van der Waals surface area contributed by atoms with Crippen LogP contribution in [-0.4, -0.2) is 52.8 Å². The zero-order chi connectivity index (χ0) is 15.7. The lowest BCUT2D eigenvalue weighted by Crippen LogP contribution is -2.41. The summed E-state index contributed by atoms with van der Waals surface area (Å²) in [6.45, 7) is 8.75. The van der Waals surface area contributed by atoms with Gasteiger partial charge in [0.1, 0.15) is 15.7 Å². The fourth-order valence-electron chi connectivity index (χ4n) is 2.45. The Labute approximate surface area is 138 Å². The molecular weight excluding hydrogens is 318 g/mol. The third kappa shape index (κ3) is 3.11. The summed E-state index contributed by atoms with van der Waals surface area (Å²) in [4.78, 5) is 25.5. The number of thioether (sulfide) groups is 1. The van der Waals surface area contributed by atoms with Crippen molar-refractivity contribution in [1.82, 2.24) is 14.9 Å². The third-order valence-electron chi connectivity index (χ3n) is 3.80. The van der Waals surface area contributed by atoms with Crippen molar-refractivity contribution in [1.29, 1.82) is 0 Å². The van der Waals surface area contributed by atoms with E-state index < -0.39 is 0 Å². The van der Waals surface area contributed by atoms with Gasteiger partial charge >= 0.3 is 0 Å². The summed E-state index contributed by atoms with van der Waals surface area (Å²) in [6, 6.07) is 0. The fraction of sp³-hybridized carbons (Fsp3) is 0.533. The van der Waals surface area contributed by atoms with E-state index in [4.69, 9.17) is 4.74 Å². The molecule has 3 heterocycles. The summed E-state index contributed by atoms with van der Waals surface area (Å²) in [7, 11) is 0. The number of aryl methyl sites for hydroxylation is 3. The van der Waals surface area contributed by atoms with E-state index in [-0.39, 0.29) is 5.91 Å². The van der Waals surface area contributed by atoms with Gasteiger partial charge in [0, 0.05) is 23.4 Å². The number of hydrogen-bond acceptors (Lipinski definition) is 6. The highest BCUT2D eigenvalue weighted by Gasteiger charge is 2.19. The van der Waals surface area contributed by atoms with Crippen LogP contribution in [0.15, 0.2) is 5.03 Å². The first-order chi connectivity index (χ1) is 10.6. The number of aromatic nitrogens is 2. The Bertz CT molecular complexity index is 708. The fourth-order valence-corrected chi connectivity index (χ4v) is 4.63. The van der Waals surface area contributed by atoms with Crippen molar-refractivity contribution >= 4 is 39.2 Å². The maximum atomic E-state index is 12.3. The largest absolute Gasteiger partial charge is 0.378 e. The standard InChI is InChI=1S/C15H19N3O2S2/c1-9-10(2)22-15-13(9)14(16-11(3)17-15)21-8-12(19)18-4-6-20-7-5-18/h4-8H2,1-3H3. The topological polar surface area (TPSA) is 55.3 Å². The molecule has 1 saturated heterocycles. The van der Waals surface area contributed by atoms with Gasteiger partial charge in [0.2, 0.25) is 5.91 Å². The Morgan fingerprint density at radius 2 is 2.00 bits per heavy atom. The lowest BCUT2D eigenvalue weighted by Gasteiger charge is -2.26. The van der Waals surface area contributed by atoms with Crippen LogP contribution < -0.4 is 0 Å². The number of carbonyl (C=O) groups excluding carboxylic acids is 1. The minimum atomic E-state index is 0.155. The van der Waals surface area contributed by atoms with E-state index >= 15 is 0 Å². The number of hydrogen-bond donors (Lipinski definition) is 0. The van der Waals surface area contributed by atoms with Gasteiger partial charge in [-0.15, -0.1) is 11.3 Å². The van der Waals surface area contributed by atoms with Crippen LogP contribution in [0.4, 0.5) is 0 Å². The highest BCUT2D eigenvalue weighted by Crippen LogP contribution is 2.35. The molecule has 0 radical (unpaired) electrons. The number of nitrogens with zero attached hydrogens (tertiary/aromatic N) is 3. The maximum absolute atomic E-state index is 12.3. The second kappa shape index (κ2) is 6.52. The summed E-state index contributed by atoms with van der Waals surface area (Å²) >= 11 is 3.21. The molecule has 0 atom stereocenters. The number of rotatable bonds is 3. The van der Waals surface area contributed by atoms with Crippen molar-refractivity contribution < 1.29 is 9.53 Å². The first-order valence-corrected chi connectivity index (χ1v) is 9.09. The molecule has 0 aliphatic carbocycles. The molecule has 0 saturated carbocycles.